The number of nitrogens with one attached hydrogen (secondary N) is 1. The molecule has 1 saturated carbocycles. The zero-order chi connectivity index (χ0) is 28.3. The van der Waals surface area contributed by atoms with E-state index in [9.17, 15) is 0 Å². The molecular formula is C32H32ClN5O3. The Morgan fingerprint density at radius 2 is 1.71 bits per heavy atom. The van der Waals surface area contributed by atoms with Crippen molar-refractivity contribution < 1.29 is 14.2 Å². The molecule has 3 aromatic rings. The van der Waals surface area contributed by atoms with Crippen molar-refractivity contribution in [2.75, 3.05) is 26.6 Å². The molecule has 0 radical (unpaired) electrons. The maximum absolute atomic E-state index is 6.27. The van der Waals surface area contributed by atoms with Crippen molar-refractivity contribution in [1.82, 2.24) is 14.5 Å². The van der Waals surface area contributed by atoms with Gasteiger partial charge < -0.3 is 24.1 Å². The van der Waals surface area contributed by atoms with Crippen LogP contribution in [0.2, 0.25) is 5.02 Å². The van der Waals surface area contributed by atoms with E-state index in [1.54, 1.807) is 27.5 Å². The molecule has 210 valence electrons. The van der Waals surface area contributed by atoms with Crippen molar-refractivity contribution in [2.45, 2.75) is 37.8 Å². The molecule has 0 spiro atoms. The summed E-state index contributed by atoms with van der Waals surface area (Å²) in [7, 11) is 5.07. The van der Waals surface area contributed by atoms with Gasteiger partial charge in [-0.25, -0.2) is 9.97 Å². The molecule has 0 bridgehead atoms. The Morgan fingerprint density at radius 1 is 0.902 bits per heavy atom. The van der Waals surface area contributed by atoms with Crippen molar-refractivity contribution in [3.8, 4) is 28.7 Å². The number of halogens is 1. The molecule has 0 saturated heterocycles. The molecule has 0 atom stereocenters. The van der Waals surface area contributed by atoms with Crippen LogP contribution in [0.4, 0.5) is 11.4 Å². The number of benzene rings is 3. The maximum Gasteiger partial charge on any atom is 0.237 e. The number of anilines is 2. The Morgan fingerprint density at radius 3 is 2.44 bits per heavy atom. The van der Waals surface area contributed by atoms with E-state index < -0.39 is 0 Å². The van der Waals surface area contributed by atoms with Gasteiger partial charge in [0.1, 0.15) is 11.4 Å². The normalized spacial score (nSPS) is 17.6. The molecule has 2 aromatic carbocycles. The van der Waals surface area contributed by atoms with E-state index in [1.807, 2.05) is 54.6 Å². The van der Waals surface area contributed by atoms with Crippen LogP contribution in [0.15, 0.2) is 77.9 Å². The lowest BCUT2D eigenvalue weighted by Gasteiger charge is -2.25. The minimum absolute atomic E-state index is 0.188. The van der Waals surface area contributed by atoms with Crippen molar-refractivity contribution >= 4 is 34.0 Å². The Kier molecular flexibility index (Phi) is 7.76. The van der Waals surface area contributed by atoms with Crippen LogP contribution in [0.25, 0.3) is 28.1 Å². The van der Waals surface area contributed by atoms with Crippen LogP contribution in [0.3, 0.4) is 0 Å². The molecule has 1 aliphatic heterocycles. The van der Waals surface area contributed by atoms with Crippen LogP contribution in [0.5, 0.6) is 11.6 Å². The molecule has 1 aromatic heterocycles. The number of aromatic nitrogens is 3. The van der Waals surface area contributed by atoms with Crippen molar-refractivity contribution in [3.05, 3.63) is 83.3 Å². The summed E-state index contributed by atoms with van der Waals surface area (Å²) in [6, 6.07) is 21.9. The number of hydrogen-bond donors (Lipinski definition) is 1. The summed E-state index contributed by atoms with van der Waals surface area (Å²) in [5.74, 6) is 1.26. The van der Waals surface area contributed by atoms with Gasteiger partial charge in [-0.1, -0.05) is 11.6 Å². The van der Waals surface area contributed by atoms with E-state index in [4.69, 9.17) is 35.8 Å². The molecule has 8 nitrogen and oxygen atoms in total. The highest BCUT2D eigenvalue weighted by Gasteiger charge is 2.22. The fourth-order valence-corrected chi connectivity index (χ4v) is 5.60. The van der Waals surface area contributed by atoms with Gasteiger partial charge in [-0.2, -0.15) is 0 Å². The molecule has 41 heavy (non-hydrogen) atoms. The second-order valence-electron chi connectivity index (χ2n) is 10.1. The monoisotopic (exact) mass is 569 g/mol. The average Bonchev–Trinajstić information content (AvgIpc) is 3.01. The summed E-state index contributed by atoms with van der Waals surface area (Å²) in [5.41, 5.74) is 6.03. The third-order valence-corrected chi connectivity index (χ3v) is 7.87. The van der Waals surface area contributed by atoms with Crippen LogP contribution in [-0.4, -0.2) is 48.0 Å². The standard InChI is InChI=1S/C32H32ClN5O3/c1-39-23-12-8-21(9-13-23)35-28-19-31-29(18-27(28)37-26-5-4-16-34-32(26)41-3)36-25-15-14-24(40-2)17-30(25)38(31)22-10-6-20(33)7-11-22/h4-7,10-11,14-19,21,23,37H,8-9,12-13H2,1-3H3. The van der Waals surface area contributed by atoms with Gasteiger partial charge in [0.25, 0.3) is 0 Å². The molecule has 1 fully saturated rings. The van der Waals surface area contributed by atoms with Gasteiger partial charge in [0, 0.05) is 30.1 Å². The van der Waals surface area contributed by atoms with Crippen LogP contribution >= 0.6 is 11.6 Å². The molecule has 3 aliphatic rings. The quantitative estimate of drug-likeness (QED) is 0.217. The van der Waals surface area contributed by atoms with Crippen molar-refractivity contribution in [2.24, 2.45) is 4.99 Å². The number of nitrogens with zero attached hydrogens (tertiary/aromatic N) is 4. The van der Waals surface area contributed by atoms with Crippen LogP contribution in [-0.2, 0) is 4.74 Å². The van der Waals surface area contributed by atoms with Gasteiger partial charge in [0.05, 0.1) is 59.8 Å². The predicted octanol–water partition coefficient (Wildman–Crippen LogP) is 6.80. The minimum Gasteiger partial charge on any atom is -0.497 e. The van der Waals surface area contributed by atoms with Gasteiger partial charge in [-0.15, -0.1) is 0 Å². The highest BCUT2D eigenvalue weighted by Crippen LogP contribution is 2.33. The first-order chi connectivity index (χ1) is 20.1. The number of fused-ring (bicyclic) bond motifs is 2. The third kappa shape index (κ3) is 5.58. The van der Waals surface area contributed by atoms with E-state index in [2.05, 4.69) is 27.0 Å². The van der Waals surface area contributed by atoms with Gasteiger partial charge in [-0.3, -0.25) is 4.99 Å². The zero-order valence-corrected chi connectivity index (χ0v) is 24.1. The Hall–Kier alpha value is -4.14. The second-order valence-corrected chi connectivity index (χ2v) is 10.6. The molecular weight excluding hydrogens is 538 g/mol. The van der Waals surface area contributed by atoms with Crippen molar-refractivity contribution in [1.29, 1.82) is 0 Å². The first kappa shape index (κ1) is 27.1. The number of ether oxygens (including phenoxy) is 3. The smallest absolute Gasteiger partial charge is 0.237 e. The van der Waals surface area contributed by atoms with E-state index in [0.717, 1.165) is 76.3 Å². The van der Waals surface area contributed by atoms with E-state index in [0.29, 0.717) is 17.0 Å². The second kappa shape index (κ2) is 11.8. The molecule has 9 heteroatoms. The van der Waals surface area contributed by atoms with E-state index in [-0.39, 0.29) is 6.04 Å². The molecule has 2 heterocycles. The lowest BCUT2D eigenvalue weighted by molar-refractivity contribution is 0.0663. The molecule has 6 rings (SSSR count). The third-order valence-electron chi connectivity index (χ3n) is 7.62. The zero-order valence-electron chi connectivity index (χ0n) is 23.3. The first-order valence-corrected chi connectivity index (χ1v) is 14.1. The van der Waals surface area contributed by atoms with Crippen LogP contribution in [0.1, 0.15) is 25.7 Å². The highest BCUT2D eigenvalue weighted by molar-refractivity contribution is 6.30. The topological polar surface area (TPSA) is 82.8 Å². The predicted molar refractivity (Wildman–Crippen MR) is 162 cm³/mol. The Bertz CT molecular complexity index is 1710. The highest BCUT2D eigenvalue weighted by atomic mass is 35.5. The molecule has 1 N–H and O–H groups in total. The summed E-state index contributed by atoms with van der Waals surface area (Å²) in [6.45, 7) is 0. The van der Waals surface area contributed by atoms with Gasteiger partial charge in [0.15, 0.2) is 0 Å². The number of hydrogen-bond acceptors (Lipinski definition) is 7. The van der Waals surface area contributed by atoms with Crippen LogP contribution in [0, 0.1) is 0 Å². The molecule has 0 amide bonds. The number of methoxy groups -OCH3 is 3. The summed E-state index contributed by atoms with van der Waals surface area (Å²) in [4.78, 5) is 14.7. The average molecular weight is 570 g/mol. The number of pyridine rings is 1. The van der Waals surface area contributed by atoms with Crippen LogP contribution < -0.4 is 20.1 Å². The fourth-order valence-electron chi connectivity index (χ4n) is 5.47. The summed E-state index contributed by atoms with van der Waals surface area (Å²) in [5, 5.41) is 5.05. The largest absolute Gasteiger partial charge is 0.497 e. The van der Waals surface area contributed by atoms with E-state index in [1.165, 1.54) is 0 Å². The lowest BCUT2D eigenvalue weighted by atomic mass is 9.93. The summed E-state index contributed by atoms with van der Waals surface area (Å²) >= 11 is 6.27. The molecule has 2 aliphatic carbocycles. The first-order valence-electron chi connectivity index (χ1n) is 13.7. The summed E-state index contributed by atoms with van der Waals surface area (Å²) in [6.07, 6.45) is 5.93. The summed E-state index contributed by atoms with van der Waals surface area (Å²) < 4.78 is 18.9. The van der Waals surface area contributed by atoms with Crippen molar-refractivity contribution in [3.63, 3.8) is 0 Å². The van der Waals surface area contributed by atoms with Gasteiger partial charge >= 0.3 is 0 Å². The van der Waals surface area contributed by atoms with E-state index >= 15 is 0 Å². The Balaban J connectivity index is 1.60. The maximum atomic E-state index is 6.27. The van der Waals surface area contributed by atoms with Gasteiger partial charge in [0.2, 0.25) is 5.88 Å². The van der Waals surface area contributed by atoms with Gasteiger partial charge in [-0.05, 0) is 86.3 Å². The Labute approximate surface area is 244 Å². The SMILES string of the molecule is COc1ccc2nc3cc(Nc4cccnc4OC)c(=NC4CCC(OC)CC4)cc-3n(-c3ccc(Cl)cc3)c2c1. The minimum atomic E-state index is 0.188. The number of rotatable bonds is 7. The molecule has 0 unspecified atom stereocenters. The fraction of sp³-hybridized carbons (Fsp3) is 0.281. The lowest BCUT2D eigenvalue weighted by Crippen LogP contribution is -2.25.